The van der Waals surface area contributed by atoms with E-state index >= 15 is 0 Å². The molecule has 0 aromatic heterocycles. The number of anilines is 1. The largest absolute Gasteiger partial charge is 0.507 e. The monoisotopic (exact) mass is 270 g/mol. The van der Waals surface area contributed by atoms with Crippen LogP contribution < -0.4 is 10.2 Å². The summed E-state index contributed by atoms with van der Waals surface area (Å²) in [5, 5.41) is 12.9. The molecule has 3 nitrogen and oxygen atoms in total. The molecule has 4 heteroatoms. The number of piperazine rings is 1. The molecule has 1 aliphatic heterocycles. The lowest BCUT2D eigenvalue weighted by molar-refractivity contribution is 0.471. The van der Waals surface area contributed by atoms with Gasteiger partial charge < -0.3 is 15.3 Å². The number of hydrogen-bond acceptors (Lipinski definition) is 3. The molecule has 1 aromatic rings. The molecule has 1 fully saturated rings. The van der Waals surface area contributed by atoms with E-state index in [0.29, 0.717) is 5.75 Å². The lowest BCUT2D eigenvalue weighted by Gasteiger charge is -2.31. The van der Waals surface area contributed by atoms with Crippen LogP contribution in [-0.4, -0.2) is 31.3 Å². The van der Waals surface area contributed by atoms with Gasteiger partial charge in [0.25, 0.3) is 0 Å². The van der Waals surface area contributed by atoms with E-state index in [2.05, 4.69) is 26.1 Å². The highest BCUT2D eigenvalue weighted by Crippen LogP contribution is 2.34. The fourth-order valence-electron chi connectivity index (χ4n) is 1.91. The molecule has 1 heterocycles. The summed E-state index contributed by atoms with van der Waals surface area (Å²) >= 11 is 3.40. The normalized spacial score (nSPS) is 16.8. The molecule has 1 aliphatic rings. The van der Waals surface area contributed by atoms with E-state index in [4.69, 9.17) is 0 Å². The van der Waals surface area contributed by atoms with Crippen LogP contribution in [-0.2, 0) is 0 Å². The van der Waals surface area contributed by atoms with Crippen LogP contribution in [0, 0.1) is 6.92 Å². The first-order chi connectivity index (χ1) is 7.20. The average Bonchev–Trinajstić information content (AvgIpc) is 2.27. The van der Waals surface area contributed by atoms with Crippen molar-refractivity contribution >= 4 is 21.6 Å². The third-order valence-electron chi connectivity index (χ3n) is 2.80. The number of phenols is 1. The molecule has 2 N–H and O–H groups in total. The minimum absolute atomic E-state index is 0.311. The van der Waals surface area contributed by atoms with Gasteiger partial charge in [0.05, 0.1) is 4.47 Å². The van der Waals surface area contributed by atoms with E-state index in [1.807, 2.05) is 13.0 Å². The summed E-state index contributed by atoms with van der Waals surface area (Å²) in [6, 6.07) is 3.73. The third kappa shape index (κ3) is 2.11. The van der Waals surface area contributed by atoms with Crippen molar-refractivity contribution in [3.63, 3.8) is 0 Å². The fourth-order valence-corrected chi connectivity index (χ4v) is 2.24. The van der Waals surface area contributed by atoms with Crippen LogP contribution in [0.1, 0.15) is 5.56 Å². The Labute approximate surface area is 98.2 Å². The molecule has 0 saturated carbocycles. The minimum Gasteiger partial charge on any atom is -0.507 e. The second kappa shape index (κ2) is 4.41. The number of nitrogens with zero attached hydrogens (tertiary/aromatic N) is 1. The molecular weight excluding hydrogens is 256 g/mol. The molecule has 1 aromatic carbocycles. The Kier molecular flexibility index (Phi) is 3.17. The number of aromatic hydroxyl groups is 1. The van der Waals surface area contributed by atoms with Crippen LogP contribution in [0.25, 0.3) is 0 Å². The minimum atomic E-state index is 0.311. The summed E-state index contributed by atoms with van der Waals surface area (Å²) in [6.07, 6.45) is 0. The fraction of sp³-hybridized carbons (Fsp3) is 0.455. The van der Waals surface area contributed by atoms with Gasteiger partial charge in [-0.15, -0.1) is 0 Å². The van der Waals surface area contributed by atoms with Crippen molar-refractivity contribution in [2.45, 2.75) is 6.92 Å². The van der Waals surface area contributed by atoms with E-state index < -0.39 is 0 Å². The van der Waals surface area contributed by atoms with Crippen molar-refractivity contribution in [1.29, 1.82) is 0 Å². The molecule has 0 atom stereocenters. The predicted molar refractivity (Wildman–Crippen MR) is 65.6 cm³/mol. The van der Waals surface area contributed by atoms with Gasteiger partial charge in [-0.2, -0.15) is 0 Å². The van der Waals surface area contributed by atoms with Gasteiger partial charge in [-0.1, -0.05) is 0 Å². The van der Waals surface area contributed by atoms with Crippen molar-refractivity contribution in [1.82, 2.24) is 5.32 Å². The van der Waals surface area contributed by atoms with Crippen molar-refractivity contribution in [2.24, 2.45) is 0 Å². The van der Waals surface area contributed by atoms with Crippen LogP contribution in [0.4, 0.5) is 5.69 Å². The summed E-state index contributed by atoms with van der Waals surface area (Å²) in [5.41, 5.74) is 2.32. The van der Waals surface area contributed by atoms with E-state index in [0.717, 1.165) is 36.2 Å². The maximum atomic E-state index is 9.55. The second-order valence-corrected chi connectivity index (χ2v) is 4.57. The summed E-state index contributed by atoms with van der Waals surface area (Å²) in [7, 11) is 0. The van der Waals surface area contributed by atoms with Crippen LogP contribution in [0.15, 0.2) is 16.6 Å². The number of benzene rings is 1. The standard InChI is InChI=1S/C11H15BrN2O/c1-8-9(2-3-10(15)11(8)12)14-6-4-13-5-7-14/h2-3,13,15H,4-7H2,1H3. The molecule has 0 aliphatic carbocycles. The van der Waals surface area contributed by atoms with Gasteiger partial charge in [0.2, 0.25) is 0 Å². The highest BCUT2D eigenvalue weighted by molar-refractivity contribution is 9.10. The number of phenolic OH excluding ortho intramolecular Hbond substituents is 1. The Hall–Kier alpha value is -0.740. The van der Waals surface area contributed by atoms with Crippen LogP contribution in [0.3, 0.4) is 0 Å². The topological polar surface area (TPSA) is 35.5 Å². The first kappa shape index (κ1) is 10.8. The highest BCUT2D eigenvalue weighted by atomic mass is 79.9. The van der Waals surface area contributed by atoms with Crippen molar-refractivity contribution in [3.8, 4) is 5.75 Å². The molecule has 15 heavy (non-hydrogen) atoms. The van der Waals surface area contributed by atoms with E-state index in [-0.39, 0.29) is 0 Å². The van der Waals surface area contributed by atoms with Gasteiger partial charge in [-0.25, -0.2) is 0 Å². The molecule has 1 saturated heterocycles. The molecule has 2 rings (SSSR count). The SMILES string of the molecule is Cc1c(N2CCNCC2)ccc(O)c1Br. The molecule has 0 bridgehead atoms. The van der Waals surface area contributed by atoms with Gasteiger partial charge in [0.15, 0.2) is 0 Å². The Bertz CT molecular complexity index is 362. The summed E-state index contributed by atoms with van der Waals surface area (Å²) < 4.78 is 0.804. The lowest BCUT2D eigenvalue weighted by atomic mass is 10.1. The van der Waals surface area contributed by atoms with Crippen molar-refractivity contribution in [3.05, 3.63) is 22.2 Å². The zero-order valence-corrected chi connectivity index (χ0v) is 10.3. The Morgan fingerprint density at radius 2 is 2.00 bits per heavy atom. The van der Waals surface area contributed by atoms with Gasteiger partial charge in [-0.05, 0) is 40.5 Å². The molecular formula is C11H15BrN2O. The van der Waals surface area contributed by atoms with Crippen LogP contribution in [0.2, 0.25) is 0 Å². The first-order valence-electron chi connectivity index (χ1n) is 5.14. The third-order valence-corrected chi connectivity index (χ3v) is 3.80. The summed E-state index contributed by atoms with van der Waals surface area (Å²) in [6.45, 7) is 6.13. The zero-order valence-electron chi connectivity index (χ0n) is 8.76. The second-order valence-electron chi connectivity index (χ2n) is 3.78. The van der Waals surface area contributed by atoms with E-state index in [9.17, 15) is 5.11 Å². The number of halogens is 1. The smallest absolute Gasteiger partial charge is 0.130 e. The summed E-state index contributed by atoms with van der Waals surface area (Å²) in [5.74, 6) is 0.311. The summed E-state index contributed by atoms with van der Waals surface area (Å²) in [4.78, 5) is 2.34. The van der Waals surface area contributed by atoms with Crippen molar-refractivity contribution < 1.29 is 5.11 Å². The van der Waals surface area contributed by atoms with Gasteiger partial charge in [0, 0.05) is 31.9 Å². The molecule has 0 spiro atoms. The predicted octanol–water partition coefficient (Wildman–Crippen LogP) is 1.87. The van der Waals surface area contributed by atoms with Crippen LogP contribution in [0.5, 0.6) is 5.75 Å². The van der Waals surface area contributed by atoms with Gasteiger partial charge >= 0.3 is 0 Å². The zero-order chi connectivity index (χ0) is 10.8. The van der Waals surface area contributed by atoms with Gasteiger partial charge in [-0.3, -0.25) is 0 Å². The molecule has 0 unspecified atom stereocenters. The van der Waals surface area contributed by atoms with Crippen LogP contribution >= 0.6 is 15.9 Å². The quantitative estimate of drug-likeness (QED) is 0.818. The van der Waals surface area contributed by atoms with Crippen molar-refractivity contribution in [2.75, 3.05) is 31.1 Å². The maximum absolute atomic E-state index is 9.55. The number of hydrogen-bond donors (Lipinski definition) is 2. The highest BCUT2D eigenvalue weighted by Gasteiger charge is 2.15. The Morgan fingerprint density at radius 1 is 1.33 bits per heavy atom. The molecule has 0 radical (unpaired) electrons. The first-order valence-corrected chi connectivity index (χ1v) is 5.93. The average molecular weight is 271 g/mol. The Morgan fingerprint density at radius 3 is 2.67 bits per heavy atom. The maximum Gasteiger partial charge on any atom is 0.130 e. The lowest BCUT2D eigenvalue weighted by Crippen LogP contribution is -2.43. The number of rotatable bonds is 1. The molecule has 82 valence electrons. The van der Waals surface area contributed by atoms with E-state index in [1.54, 1.807) is 6.07 Å². The Balaban J connectivity index is 2.31. The van der Waals surface area contributed by atoms with Gasteiger partial charge in [0.1, 0.15) is 5.75 Å². The molecule has 0 amide bonds. The number of nitrogens with one attached hydrogen (secondary N) is 1. The van der Waals surface area contributed by atoms with E-state index in [1.165, 1.54) is 5.69 Å².